The summed E-state index contributed by atoms with van der Waals surface area (Å²) in [6.07, 6.45) is 0.907. The quantitative estimate of drug-likeness (QED) is 0.716. The summed E-state index contributed by atoms with van der Waals surface area (Å²) in [6.45, 7) is 2.30. The van der Waals surface area contributed by atoms with E-state index in [1.165, 1.54) is 0 Å². The molecule has 0 spiro atoms. The first kappa shape index (κ1) is 12.3. The van der Waals surface area contributed by atoms with E-state index in [-0.39, 0.29) is 12.2 Å². The molecule has 1 fully saturated rings. The minimum atomic E-state index is 0.0977. The fourth-order valence-corrected chi connectivity index (χ4v) is 2.16. The van der Waals surface area contributed by atoms with Gasteiger partial charge in [-0.05, 0) is 12.1 Å². The van der Waals surface area contributed by atoms with Gasteiger partial charge >= 0.3 is 0 Å². The summed E-state index contributed by atoms with van der Waals surface area (Å²) in [4.78, 5) is 12.7. The number of likely N-dealkylation sites (tertiary alicyclic amines) is 1. The number of rotatable bonds is 5. The van der Waals surface area contributed by atoms with Crippen LogP contribution in [0, 0.1) is 0 Å². The first-order chi connectivity index (χ1) is 8.26. The van der Waals surface area contributed by atoms with Crippen LogP contribution in [-0.4, -0.2) is 50.7 Å². The Morgan fingerprint density at radius 1 is 1.35 bits per heavy atom. The van der Waals surface area contributed by atoms with Crippen molar-refractivity contribution in [3.8, 4) is 0 Å². The van der Waals surface area contributed by atoms with Crippen LogP contribution >= 0.6 is 0 Å². The highest BCUT2D eigenvalue weighted by Crippen LogP contribution is 2.19. The van der Waals surface area contributed by atoms with Crippen molar-refractivity contribution in [1.29, 1.82) is 0 Å². The monoisotopic (exact) mass is 239 g/mol. The van der Waals surface area contributed by atoms with Gasteiger partial charge in [-0.25, -0.2) is 0 Å². The van der Waals surface area contributed by atoms with E-state index in [1.54, 1.807) is 20.3 Å². The van der Waals surface area contributed by atoms with Gasteiger partial charge in [0, 0.05) is 27.3 Å². The molecule has 94 valence electrons. The van der Waals surface area contributed by atoms with Gasteiger partial charge < -0.3 is 13.9 Å². The molecule has 0 aromatic carbocycles. The maximum absolute atomic E-state index is 10.5. The second-order valence-electron chi connectivity index (χ2n) is 4.16. The van der Waals surface area contributed by atoms with E-state index < -0.39 is 0 Å². The molecule has 1 aromatic rings. The predicted octanol–water partition coefficient (Wildman–Crippen LogP) is 0.938. The van der Waals surface area contributed by atoms with Crippen molar-refractivity contribution in [1.82, 2.24) is 4.90 Å². The number of aldehydes is 1. The SMILES string of the molecule is COC1CN(Cc2ccc(C=O)o2)CC1OC. The van der Waals surface area contributed by atoms with Crippen LogP contribution < -0.4 is 0 Å². The van der Waals surface area contributed by atoms with E-state index >= 15 is 0 Å². The average Bonchev–Trinajstić information content (AvgIpc) is 2.95. The van der Waals surface area contributed by atoms with E-state index in [0.717, 1.165) is 18.8 Å². The van der Waals surface area contributed by atoms with Gasteiger partial charge in [-0.15, -0.1) is 0 Å². The summed E-state index contributed by atoms with van der Waals surface area (Å²) in [5.41, 5.74) is 0. The molecular formula is C12H17NO4. The average molecular weight is 239 g/mol. The van der Waals surface area contributed by atoms with Crippen LogP contribution in [-0.2, 0) is 16.0 Å². The second kappa shape index (κ2) is 5.44. The van der Waals surface area contributed by atoms with Crippen LogP contribution in [0.1, 0.15) is 16.3 Å². The molecule has 1 saturated heterocycles. The Bertz CT molecular complexity index is 364. The van der Waals surface area contributed by atoms with Crippen LogP contribution in [0.3, 0.4) is 0 Å². The molecule has 0 N–H and O–H groups in total. The third-order valence-corrected chi connectivity index (χ3v) is 3.07. The van der Waals surface area contributed by atoms with Crippen LogP contribution in [0.5, 0.6) is 0 Å². The van der Waals surface area contributed by atoms with Crippen molar-refractivity contribution in [3.05, 3.63) is 23.7 Å². The third kappa shape index (κ3) is 2.74. The lowest BCUT2D eigenvalue weighted by Crippen LogP contribution is -2.27. The summed E-state index contributed by atoms with van der Waals surface area (Å²) in [7, 11) is 3.38. The Balaban J connectivity index is 1.94. The van der Waals surface area contributed by atoms with Gasteiger partial charge in [-0.3, -0.25) is 9.69 Å². The molecule has 1 aliphatic rings. The van der Waals surface area contributed by atoms with Crippen LogP contribution in [0.15, 0.2) is 16.5 Å². The molecule has 0 saturated carbocycles. The van der Waals surface area contributed by atoms with Crippen LogP contribution in [0.25, 0.3) is 0 Å². The summed E-state index contributed by atoms with van der Waals surface area (Å²) < 4.78 is 16.1. The van der Waals surface area contributed by atoms with E-state index in [1.807, 2.05) is 6.07 Å². The van der Waals surface area contributed by atoms with E-state index in [0.29, 0.717) is 18.6 Å². The summed E-state index contributed by atoms with van der Waals surface area (Å²) in [6, 6.07) is 3.51. The molecule has 0 bridgehead atoms. The molecule has 1 aliphatic heterocycles. The number of ether oxygens (including phenoxy) is 2. The highest BCUT2D eigenvalue weighted by Gasteiger charge is 2.33. The van der Waals surface area contributed by atoms with Gasteiger partial charge in [0.15, 0.2) is 12.0 Å². The number of nitrogens with zero attached hydrogens (tertiary/aromatic N) is 1. The van der Waals surface area contributed by atoms with Gasteiger partial charge in [-0.2, -0.15) is 0 Å². The van der Waals surface area contributed by atoms with Gasteiger partial charge in [0.05, 0.1) is 18.8 Å². The molecule has 17 heavy (non-hydrogen) atoms. The number of methoxy groups -OCH3 is 2. The fraction of sp³-hybridized carbons (Fsp3) is 0.583. The van der Waals surface area contributed by atoms with E-state index in [9.17, 15) is 4.79 Å². The van der Waals surface area contributed by atoms with Crippen molar-refractivity contribution in [2.24, 2.45) is 0 Å². The zero-order valence-corrected chi connectivity index (χ0v) is 10.1. The molecule has 2 atom stereocenters. The number of carbonyl (C=O) groups excluding carboxylic acids is 1. The molecular weight excluding hydrogens is 222 g/mol. The number of hydrogen-bond acceptors (Lipinski definition) is 5. The Hall–Kier alpha value is -1.17. The summed E-state index contributed by atoms with van der Waals surface area (Å²) in [5.74, 6) is 1.16. The normalized spacial score (nSPS) is 25.3. The first-order valence-electron chi connectivity index (χ1n) is 5.58. The molecule has 0 amide bonds. The highest BCUT2D eigenvalue weighted by atomic mass is 16.5. The van der Waals surface area contributed by atoms with Crippen LogP contribution in [0.2, 0.25) is 0 Å². The van der Waals surface area contributed by atoms with Gasteiger partial charge in [0.25, 0.3) is 0 Å². The fourth-order valence-electron chi connectivity index (χ4n) is 2.16. The first-order valence-corrected chi connectivity index (χ1v) is 5.58. The van der Waals surface area contributed by atoms with Crippen LogP contribution in [0.4, 0.5) is 0 Å². The Kier molecular flexibility index (Phi) is 3.93. The maximum atomic E-state index is 10.5. The Morgan fingerprint density at radius 2 is 2.00 bits per heavy atom. The molecule has 0 aliphatic carbocycles. The number of hydrogen-bond donors (Lipinski definition) is 0. The van der Waals surface area contributed by atoms with Crippen molar-refractivity contribution < 1.29 is 18.7 Å². The number of carbonyl (C=O) groups is 1. The van der Waals surface area contributed by atoms with Gasteiger partial charge in [0.1, 0.15) is 5.76 Å². The summed E-state index contributed by atoms with van der Waals surface area (Å²) in [5, 5.41) is 0. The van der Waals surface area contributed by atoms with Gasteiger partial charge in [0.2, 0.25) is 0 Å². The Labute approximate surface area is 100 Å². The maximum Gasteiger partial charge on any atom is 0.185 e. The lowest BCUT2D eigenvalue weighted by molar-refractivity contribution is -0.00461. The van der Waals surface area contributed by atoms with Crippen molar-refractivity contribution in [3.63, 3.8) is 0 Å². The highest BCUT2D eigenvalue weighted by molar-refractivity contribution is 5.70. The summed E-state index contributed by atoms with van der Waals surface area (Å²) >= 11 is 0. The minimum Gasteiger partial charge on any atom is -0.457 e. The zero-order valence-electron chi connectivity index (χ0n) is 10.1. The smallest absolute Gasteiger partial charge is 0.185 e. The van der Waals surface area contributed by atoms with Crippen molar-refractivity contribution in [2.75, 3.05) is 27.3 Å². The van der Waals surface area contributed by atoms with Crippen molar-refractivity contribution >= 4 is 6.29 Å². The molecule has 1 aromatic heterocycles. The minimum absolute atomic E-state index is 0.0977. The van der Waals surface area contributed by atoms with E-state index in [2.05, 4.69) is 4.90 Å². The molecule has 0 radical (unpaired) electrons. The zero-order chi connectivity index (χ0) is 12.3. The lowest BCUT2D eigenvalue weighted by Gasteiger charge is -2.13. The molecule has 2 rings (SSSR count). The largest absolute Gasteiger partial charge is 0.457 e. The molecule has 5 heteroatoms. The molecule has 2 unspecified atom stereocenters. The standard InChI is InChI=1S/C12H17NO4/c1-15-11-6-13(7-12(11)16-2)5-9-3-4-10(8-14)17-9/h3-4,8,11-12H,5-7H2,1-2H3. The Morgan fingerprint density at radius 3 is 2.47 bits per heavy atom. The topological polar surface area (TPSA) is 51.9 Å². The molecule has 2 heterocycles. The lowest BCUT2D eigenvalue weighted by atomic mass is 10.3. The third-order valence-electron chi connectivity index (χ3n) is 3.07. The predicted molar refractivity (Wildman–Crippen MR) is 61.0 cm³/mol. The second-order valence-corrected chi connectivity index (χ2v) is 4.16. The van der Waals surface area contributed by atoms with Crippen molar-refractivity contribution in [2.45, 2.75) is 18.8 Å². The number of furan rings is 1. The molecule has 5 nitrogen and oxygen atoms in total. The van der Waals surface area contributed by atoms with E-state index in [4.69, 9.17) is 13.9 Å². The van der Waals surface area contributed by atoms with Gasteiger partial charge in [-0.1, -0.05) is 0 Å².